The maximum absolute atomic E-state index is 13.6. The Bertz CT molecular complexity index is 773. The molecule has 0 spiro atoms. The summed E-state index contributed by atoms with van der Waals surface area (Å²) in [6.45, 7) is 0. The number of carbonyl (C=O) groups excluding carboxylic acids is 2. The predicted octanol–water partition coefficient (Wildman–Crippen LogP) is 2.11. The van der Waals surface area contributed by atoms with Crippen LogP contribution in [0.25, 0.3) is 0 Å². The highest BCUT2D eigenvalue weighted by atomic mass is 19.1. The van der Waals surface area contributed by atoms with Gasteiger partial charge in [0.05, 0.1) is 23.8 Å². The molecule has 2 amide bonds. The summed E-state index contributed by atoms with van der Waals surface area (Å²) < 4.78 is 15.2. The number of carbonyl (C=O) groups is 2. The molecule has 0 aliphatic carbocycles. The fraction of sp³-hybridized carbons (Fsp3) is 0.353. The molecule has 0 radical (unpaired) electrons. The Morgan fingerprint density at radius 3 is 2.83 bits per heavy atom. The van der Waals surface area contributed by atoms with Crippen molar-refractivity contribution >= 4 is 17.5 Å². The Labute approximate surface area is 139 Å². The van der Waals surface area contributed by atoms with Crippen LogP contribution in [0.5, 0.6) is 0 Å². The van der Waals surface area contributed by atoms with Crippen molar-refractivity contribution in [2.24, 2.45) is 13.0 Å². The van der Waals surface area contributed by atoms with E-state index in [0.29, 0.717) is 24.1 Å². The number of hydrogen-bond acceptors (Lipinski definition) is 3. The molecule has 0 unspecified atom stereocenters. The number of amides is 2. The van der Waals surface area contributed by atoms with Crippen molar-refractivity contribution in [3.63, 3.8) is 0 Å². The molecule has 1 aromatic carbocycles. The van der Waals surface area contributed by atoms with Crippen LogP contribution in [-0.2, 0) is 16.6 Å². The van der Waals surface area contributed by atoms with Gasteiger partial charge in [-0.05, 0) is 24.1 Å². The van der Waals surface area contributed by atoms with Gasteiger partial charge in [0.2, 0.25) is 11.8 Å². The lowest BCUT2D eigenvalue weighted by Gasteiger charge is -2.38. The second-order valence-corrected chi connectivity index (χ2v) is 6.04. The fourth-order valence-corrected chi connectivity index (χ4v) is 3.18. The van der Waals surface area contributed by atoms with Crippen LogP contribution in [0.1, 0.15) is 24.4 Å². The maximum Gasteiger partial charge on any atom is 0.230 e. The lowest BCUT2D eigenvalue weighted by Crippen LogP contribution is -2.44. The number of rotatable bonds is 3. The number of anilines is 1. The van der Waals surface area contributed by atoms with E-state index in [1.807, 2.05) is 0 Å². The van der Waals surface area contributed by atoms with Gasteiger partial charge in [-0.1, -0.05) is 12.1 Å². The molecule has 7 heteroatoms. The van der Waals surface area contributed by atoms with Crippen molar-refractivity contribution in [1.29, 1.82) is 0 Å². The highest BCUT2D eigenvalue weighted by molar-refractivity contribution is 5.94. The average molecular weight is 330 g/mol. The van der Waals surface area contributed by atoms with E-state index in [2.05, 4.69) is 10.4 Å². The van der Waals surface area contributed by atoms with Gasteiger partial charge in [0.25, 0.3) is 0 Å². The van der Waals surface area contributed by atoms with Crippen LogP contribution in [0.15, 0.2) is 36.7 Å². The molecule has 6 nitrogen and oxygen atoms in total. The summed E-state index contributed by atoms with van der Waals surface area (Å²) in [5.41, 5.74) is 1.22. The van der Waals surface area contributed by atoms with Crippen LogP contribution in [0.4, 0.5) is 10.1 Å². The summed E-state index contributed by atoms with van der Waals surface area (Å²) >= 11 is 0. The van der Waals surface area contributed by atoms with Crippen LogP contribution >= 0.6 is 0 Å². The Kier molecular flexibility index (Phi) is 4.33. The second kappa shape index (κ2) is 6.43. The van der Waals surface area contributed by atoms with Crippen molar-refractivity contribution in [3.05, 3.63) is 48.0 Å². The summed E-state index contributed by atoms with van der Waals surface area (Å²) in [4.78, 5) is 26.3. The second-order valence-electron chi connectivity index (χ2n) is 6.04. The minimum absolute atomic E-state index is 0.0466. The van der Waals surface area contributed by atoms with Gasteiger partial charge in [-0.3, -0.25) is 14.3 Å². The topological polar surface area (TPSA) is 67.2 Å². The molecule has 1 aliphatic heterocycles. The summed E-state index contributed by atoms with van der Waals surface area (Å²) in [6.07, 6.45) is 3.99. The number of nitrogens with zero attached hydrogens (tertiary/aromatic N) is 3. The summed E-state index contributed by atoms with van der Waals surface area (Å²) in [7, 11) is 3.42. The molecule has 2 aromatic rings. The lowest BCUT2D eigenvalue weighted by molar-refractivity contribution is -0.140. The summed E-state index contributed by atoms with van der Waals surface area (Å²) in [6, 6.07) is 5.57. The number of hydrogen-bond donors (Lipinski definition) is 1. The number of nitrogens with one attached hydrogen (secondary N) is 1. The Morgan fingerprint density at radius 2 is 2.17 bits per heavy atom. The van der Waals surface area contributed by atoms with Crippen LogP contribution in [-0.4, -0.2) is 33.5 Å². The van der Waals surface area contributed by atoms with E-state index >= 15 is 0 Å². The van der Waals surface area contributed by atoms with Gasteiger partial charge in [0.1, 0.15) is 5.82 Å². The van der Waals surface area contributed by atoms with Gasteiger partial charge in [0, 0.05) is 26.7 Å². The first-order valence-electron chi connectivity index (χ1n) is 7.76. The molecule has 0 bridgehead atoms. The van der Waals surface area contributed by atoms with E-state index in [1.165, 1.54) is 17.0 Å². The Morgan fingerprint density at radius 1 is 1.38 bits per heavy atom. The van der Waals surface area contributed by atoms with Crippen molar-refractivity contribution in [2.45, 2.75) is 18.9 Å². The van der Waals surface area contributed by atoms with E-state index < -0.39 is 12.0 Å². The van der Waals surface area contributed by atoms with Gasteiger partial charge in [-0.15, -0.1) is 0 Å². The molecule has 1 saturated heterocycles. The number of halogens is 1. The average Bonchev–Trinajstić information content (AvgIpc) is 2.94. The Hall–Kier alpha value is -2.70. The molecule has 1 fully saturated rings. The molecule has 0 saturated carbocycles. The van der Waals surface area contributed by atoms with Gasteiger partial charge in [0.15, 0.2) is 0 Å². The minimum Gasteiger partial charge on any atom is -0.338 e. The van der Waals surface area contributed by atoms with E-state index in [1.54, 1.807) is 43.3 Å². The highest BCUT2D eigenvalue weighted by Gasteiger charge is 2.39. The van der Waals surface area contributed by atoms with Crippen LogP contribution in [0.2, 0.25) is 0 Å². The Balaban J connectivity index is 1.88. The molecule has 1 aromatic heterocycles. The third-order valence-electron chi connectivity index (χ3n) is 4.36. The minimum atomic E-state index is -0.487. The summed E-state index contributed by atoms with van der Waals surface area (Å²) in [5, 5.41) is 6.85. The van der Waals surface area contributed by atoms with E-state index in [4.69, 9.17) is 0 Å². The first-order valence-corrected chi connectivity index (χ1v) is 7.76. The van der Waals surface area contributed by atoms with E-state index in [0.717, 1.165) is 0 Å². The normalized spacial score (nSPS) is 21.0. The molecule has 2 heterocycles. The molecule has 3 rings (SSSR count). The molecular weight excluding hydrogens is 311 g/mol. The maximum atomic E-state index is 13.6. The smallest absolute Gasteiger partial charge is 0.230 e. The van der Waals surface area contributed by atoms with Crippen LogP contribution in [0, 0.1) is 11.7 Å². The van der Waals surface area contributed by atoms with Gasteiger partial charge in [-0.25, -0.2) is 4.39 Å². The van der Waals surface area contributed by atoms with Crippen molar-refractivity contribution < 1.29 is 14.0 Å². The fourth-order valence-electron chi connectivity index (χ4n) is 3.18. The number of likely N-dealkylation sites (tertiary alicyclic amines) is 1. The molecule has 24 heavy (non-hydrogen) atoms. The van der Waals surface area contributed by atoms with Crippen molar-refractivity contribution in [1.82, 2.24) is 14.7 Å². The first-order chi connectivity index (χ1) is 11.5. The molecule has 2 atom stereocenters. The zero-order valence-electron chi connectivity index (χ0n) is 13.6. The molecule has 126 valence electrons. The standard InChI is InChI=1S/C17H19FN4O2/c1-21-10-13(9-19-21)20-17(24)14-6-7-15(23)22(2)16(14)11-4-3-5-12(18)8-11/h3-5,8-10,14,16H,6-7H2,1-2H3,(H,20,24)/t14-,16-/m1/s1. The lowest BCUT2D eigenvalue weighted by atomic mass is 9.84. The highest BCUT2D eigenvalue weighted by Crippen LogP contribution is 2.36. The number of aryl methyl sites for hydroxylation is 1. The number of benzene rings is 1. The molecule has 1 N–H and O–H groups in total. The monoisotopic (exact) mass is 330 g/mol. The zero-order chi connectivity index (χ0) is 17.3. The third kappa shape index (κ3) is 3.15. The number of piperidine rings is 1. The SMILES string of the molecule is CN1C(=O)CC[C@@H](C(=O)Nc2cnn(C)c2)[C@H]1c1cccc(F)c1. The molecule has 1 aliphatic rings. The zero-order valence-corrected chi connectivity index (χ0v) is 13.6. The summed E-state index contributed by atoms with van der Waals surface area (Å²) in [5.74, 6) is -1.08. The van der Waals surface area contributed by atoms with Gasteiger partial charge in [-0.2, -0.15) is 5.10 Å². The first kappa shape index (κ1) is 16.2. The van der Waals surface area contributed by atoms with Crippen molar-refractivity contribution in [2.75, 3.05) is 12.4 Å². The third-order valence-corrected chi connectivity index (χ3v) is 4.36. The molecular formula is C17H19FN4O2. The number of aromatic nitrogens is 2. The predicted molar refractivity (Wildman–Crippen MR) is 86.5 cm³/mol. The quantitative estimate of drug-likeness (QED) is 0.937. The van der Waals surface area contributed by atoms with E-state index in [-0.39, 0.29) is 17.6 Å². The largest absolute Gasteiger partial charge is 0.338 e. The van der Waals surface area contributed by atoms with Crippen molar-refractivity contribution in [3.8, 4) is 0 Å². The van der Waals surface area contributed by atoms with Gasteiger partial charge < -0.3 is 10.2 Å². The van der Waals surface area contributed by atoms with Gasteiger partial charge >= 0.3 is 0 Å². The van der Waals surface area contributed by atoms with E-state index in [9.17, 15) is 14.0 Å². The van der Waals surface area contributed by atoms with Crippen LogP contribution < -0.4 is 5.32 Å². The van der Waals surface area contributed by atoms with Crippen LogP contribution in [0.3, 0.4) is 0 Å².